The maximum absolute atomic E-state index is 13.0. The number of rotatable bonds is 0. The molecule has 126 valence electrons. The van der Waals surface area contributed by atoms with Gasteiger partial charge in [0.25, 0.3) is 0 Å². The molecule has 0 N–H and O–H groups in total. The lowest BCUT2D eigenvalue weighted by Gasteiger charge is -2.62. The minimum absolute atomic E-state index is 0.166. The second-order valence-electron chi connectivity index (χ2n) is 9.03. The summed E-state index contributed by atoms with van der Waals surface area (Å²) in [7, 11) is 0. The number of Topliss-reactive ketones (excluding diaryl/α,β-unsaturated/α-hetero) is 1. The first-order chi connectivity index (χ1) is 11.0. The van der Waals surface area contributed by atoms with Crippen LogP contribution in [0.2, 0.25) is 0 Å². The predicted molar refractivity (Wildman–Crippen MR) is 86.7 cm³/mol. The maximum Gasteiger partial charge on any atom is 0.168 e. The molecule has 2 bridgehead atoms. The van der Waals surface area contributed by atoms with Crippen LogP contribution in [0.4, 0.5) is 0 Å². The van der Waals surface area contributed by atoms with Gasteiger partial charge in [-0.25, -0.2) is 0 Å². The molecule has 5 fully saturated rings. The number of hydrogen-bond donors (Lipinski definition) is 0. The first-order valence-corrected chi connectivity index (χ1v) is 9.49. The van der Waals surface area contributed by atoms with Gasteiger partial charge in [0.05, 0.1) is 13.2 Å². The molecule has 0 aromatic heterocycles. The van der Waals surface area contributed by atoms with Gasteiger partial charge in [0.1, 0.15) is 5.78 Å². The van der Waals surface area contributed by atoms with E-state index >= 15 is 0 Å². The molecular weight excluding hydrogens is 288 g/mol. The van der Waals surface area contributed by atoms with E-state index in [0.29, 0.717) is 17.6 Å². The molecule has 4 saturated carbocycles. The van der Waals surface area contributed by atoms with Gasteiger partial charge in [-0.1, -0.05) is 19.1 Å². The highest BCUT2D eigenvalue weighted by atomic mass is 16.7. The monoisotopic (exact) mass is 316 g/mol. The summed E-state index contributed by atoms with van der Waals surface area (Å²) in [6.45, 7) is 8.21. The van der Waals surface area contributed by atoms with Crippen molar-refractivity contribution in [3.63, 3.8) is 0 Å². The maximum atomic E-state index is 13.0. The molecule has 1 aliphatic heterocycles. The number of allylic oxidation sites excluding steroid dienone is 1. The molecule has 3 heteroatoms. The lowest BCUT2D eigenvalue weighted by atomic mass is 9.43. The third-order valence-electron chi connectivity index (χ3n) is 8.55. The van der Waals surface area contributed by atoms with E-state index in [2.05, 4.69) is 13.5 Å². The fourth-order valence-electron chi connectivity index (χ4n) is 7.20. The average Bonchev–Trinajstić information content (AvgIpc) is 3.09. The molecule has 5 rings (SSSR count). The van der Waals surface area contributed by atoms with Gasteiger partial charge in [-0.2, -0.15) is 0 Å². The van der Waals surface area contributed by atoms with Gasteiger partial charge in [0.15, 0.2) is 5.79 Å². The normalized spacial score (nSPS) is 50.9. The van der Waals surface area contributed by atoms with Gasteiger partial charge >= 0.3 is 0 Å². The van der Waals surface area contributed by atoms with Gasteiger partial charge in [0.2, 0.25) is 0 Å². The van der Waals surface area contributed by atoms with Crippen LogP contribution in [0.3, 0.4) is 0 Å². The summed E-state index contributed by atoms with van der Waals surface area (Å²) in [5.74, 6) is 1.34. The summed E-state index contributed by atoms with van der Waals surface area (Å²) >= 11 is 0. The van der Waals surface area contributed by atoms with Crippen molar-refractivity contribution < 1.29 is 14.3 Å². The molecule has 0 unspecified atom stereocenters. The highest BCUT2D eigenvalue weighted by molar-refractivity contribution is 5.90. The molecule has 2 spiro atoms. The summed E-state index contributed by atoms with van der Waals surface area (Å²) in [5.41, 5.74) is 1.73. The second-order valence-corrected chi connectivity index (χ2v) is 9.03. The Morgan fingerprint density at radius 1 is 1.09 bits per heavy atom. The number of carbonyl (C=O) groups excluding carboxylic acids is 1. The van der Waals surface area contributed by atoms with Crippen LogP contribution in [0.25, 0.3) is 0 Å². The third-order valence-corrected chi connectivity index (χ3v) is 8.55. The number of carbonyl (C=O) groups is 1. The Bertz CT molecular complexity index is 575. The quantitative estimate of drug-likeness (QED) is 0.636. The lowest BCUT2D eigenvalue weighted by molar-refractivity contribution is -0.236. The van der Waals surface area contributed by atoms with Crippen LogP contribution in [0.5, 0.6) is 0 Å². The Morgan fingerprint density at radius 2 is 1.87 bits per heavy atom. The Labute approximate surface area is 138 Å². The van der Waals surface area contributed by atoms with Crippen LogP contribution in [-0.2, 0) is 14.3 Å². The molecule has 3 nitrogen and oxygen atoms in total. The SMILES string of the molecule is C=C1CC[C@]23C[C@H]1C(=O)[C@@H]2CC[C@@H]1CC2(CC[C@@]13C)OCCO2. The van der Waals surface area contributed by atoms with E-state index in [1.54, 1.807) is 0 Å². The summed E-state index contributed by atoms with van der Waals surface area (Å²) in [6, 6.07) is 0. The molecule has 4 aliphatic carbocycles. The average molecular weight is 316 g/mol. The van der Waals surface area contributed by atoms with Gasteiger partial charge in [-0.15, -0.1) is 0 Å². The molecule has 5 aliphatic rings. The zero-order valence-corrected chi connectivity index (χ0v) is 14.2. The van der Waals surface area contributed by atoms with E-state index in [0.717, 1.165) is 51.7 Å². The van der Waals surface area contributed by atoms with Crippen molar-refractivity contribution in [2.45, 2.75) is 64.1 Å². The van der Waals surface area contributed by atoms with E-state index in [9.17, 15) is 4.79 Å². The van der Waals surface area contributed by atoms with E-state index in [1.807, 2.05) is 0 Å². The topological polar surface area (TPSA) is 35.5 Å². The van der Waals surface area contributed by atoms with Gasteiger partial charge in [0, 0.05) is 24.7 Å². The van der Waals surface area contributed by atoms with Gasteiger partial charge in [-0.05, 0) is 55.3 Å². The summed E-state index contributed by atoms with van der Waals surface area (Å²) in [6.07, 6.45) is 8.78. The van der Waals surface area contributed by atoms with Gasteiger partial charge in [-0.3, -0.25) is 4.79 Å². The highest BCUT2D eigenvalue weighted by Crippen LogP contribution is 2.72. The Kier molecular flexibility index (Phi) is 2.86. The summed E-state index contributed by atoms with van der Waals surface area (Å²) in [5, 5.41) is 0. The number of hydrogen-bond acceptors (Lipinski definition) is 3. The van der Waals surface area contributed by atoms with E-state index in [-0.39, 0.29) is 22.5 Å². The molecule has 0 aromatic rings. The molecule has 0 aromatic carbocycles. The zero-order valence-electron chi connectivity index (χ0n) is 14.2. The van der Waals surface area contributed by atoms with Crippen LogP contribution >= 0.6 is 0 Å². The molecule has 23 heavy (non-hydrogen) atoms. The minimum Gasteiger partial charge on any atom is -0.348 e. The van der Waals surface area contributed by atoms with E-state index in [4.69, 9.17) is 9.47 Å². The Balaban J connectivity index is 1.53. The number of ketones is 1. The van der Waals surface area contributed by atoms with Gasteiger partial charge < -0.3 is 9.47 Å². The second kappa shape index (κ2) is 4.49. The Hall–Kier alpha value is -0.670. The smallest absolute Gasteiger partial charge is 0.168 e. The molecular formula is C20H28O3. The lowest BCUT2D eigenvalue weighted by Crippen LogP contribution is -2.57. The molecule has 5 atom stereocenters. The van der Waals surface area contributed by atoms with Crippen molar-refractivity contribution in [1.82, 2.24) is 0 Å². The van der Waals surface area contributed by atoms with E-state index < -0.39 is 0 Å². The largest absolute Gasteiger partial charge is 0.348 e. The molecule has 0 amide bonds. The summed E-state index contributed by atoms with van der Waals surface area (Å²) < 4.78 is 12.0. The van der Waals surface area contributed by atoms with Crippen molar-refractivity contribution in [1.29, 1.82) is 0 Å². The first-order valence-electron chi connectivity index (χ1n) is 9.49. The molecule has 1 saturated heterocycles. The number of fused-ring (bicyclic) bond motifs is 2. The zero-order chi connectivity index (χ0) is 15.9. The summed E-state index contributed by atoms with van der Waals surface area (Å²) in [4.78, 5) is 13.0. The fraction of sp³-hybridized carbons (Fsp3) is 0.850. The molecule has 1 heterocycles. The highest BCUT2D eigenvalue weighted by Gasteiger charge is 2.68. The van der Waals surface area contributed by atoms with Crippen LogP contribution in [-0.4, -0.2) is 24.8 Å². The Morgan fingerprint density at radius 3 is 2.65 bits per heavy atom. The fourth-order valence-corrected chi connectivity index (χ4v) is 7.20. The van der Waals surface area contributed by atoms with Crippen molar-refractivity contribution in [2.75, 3.05) is 13.2 Å². The van der Waals surface area contributed by atoms with Crippen LogP contribution in [0.15, 0.2) is 12.2 Å². The first kappa shape index (κ1) is 14.7. The predicted octanol–water partition coefficient (Wildman–Crippen LogP) is 3.87. The molecule has 0 radical (unpaired) electrons. The third kappa shape index (κ3) is 1.66. The minimum atomic E-state index is -0.298. The van der Waals surface area contributed by atoms with Crippen molar-refractivity contribution >= 4 is 5.78 Å². The van der Waals surface area contributed by atoms with Crippen LogP contribution < -0.4 is 0 Å². The van der Waals surface area contributed by atoms with Crippen molar-refractivity contribution in [3.05, 3.63) is 12.2 Å². The number of ether oxygens (including phenoxy) is 2. The van der Waals surface area contributed by atoms with E-state index in [1.165, 1.54) is 18.4 Å². The van der Waals surface area contributed by atoms with Crippen molar-refractivity contribution in [3.8, 4) is 0 Å². The van der Waals surface area contributed by atoms with Crippen LogP contribution in [0.1, 0.15) is 58.3 Å². The van der Waals surface area contributed by atoms with Crippen molar-refractivity contribution in [2.24, 2.45) is 28.6 Å². The van der Waals surface area contributed by atoms with Crippen LogP contribution in [0, 0.1) is 28.6 Å². The standard InChI is InChI=1S/C20H28O3/c1-13-5-6-19-12-15(13)17(21)16(19)4-3-14-11-20(22-9-10-23-20)8-7-18(14,19)2/h14-16H,1,3-12H2,2H3/t14-,15-,16+,18+,19+/m1/s1.